The summed E-state index contributed by atoms with van der Waals surface area (Å²) in [6, 6.07) is 0.0930. The zero-order valence-electron chi connectivity index (χ0n) is 13.6. The number of sulfonamides is 1. The van der Waals surface area contributed by atoms with Gasteiger partial charge >= 0.3 is 0 Å². The Morgan fingerprint density at radius 3 is 2.29 bits per heavy atom. The first-order valence-electron chi connectivity index (χ1n) is 7.66. The highest BCUT2D eigenvalue weighted by Gasteiger charge is 2.27. The molecule has 0 spiro atoms. The molecule has 7 heteroatoms. The van der Waals surface area contributed by atoms with Crippen LogP contribution in [0.2, 0.25) is 0 Å². The first-order valence-corrected chi connectivity index (χ1v) is 9.27. The molecule has 1 saturated heterocycles. The SMILES string of the molecule is CCS(=O)(=O)N1CCC(NC(=O)CCNC(C)(C)C)CC1. The summed E-state index contributed by atoms with van der Waals surface area (Å²) < 4.78 is 25.0. The van der Waals surface area contributed by atoms with Crippen molar-refractivity contribution < 1.29 is 13.2 Å². The molecule has 21 heavy (non-hydrogen) atoms. The van der Waals surface area contributed by atoms with Crippen LogP contribution in [0.5, 0.6) is 0 Å². The lowest BCUT2D eigenvalue weighted by atomic mass is 10.1. The lowest BCUT2D eigenvalue weighted by Crippen LogP contribution is -2.47. The van der Waals surface area contributed by atoms with Gasteiger partial charge in [-0.25, -0.2) is 12.7 Å². The second kappa shape index (κ2) is 7.56. The summed E-state index contributed by atoms with van der Waals surface area (Å²) in [5, 5.41) is 6.27. The van der Waals surface area contributed by atoms with E-state index in [0.29, 0.717) is 38.9 Å². The zero-order chi connectivity index (χ0) is 16.1. The summed E-state index contributed by atoms with van der Waals surface area (Å²) in [5.41, 5.74) is 0.0140. The molecule has 0 aromatic rings. The van der Waals surface area contributed by atoms with Crippen molar-refractivity contribution in [2.24, 2.45) is 0 Å². The van der Waals surface area contributed by atoms with Gasteiger partial charge in [-0.2, -0.15) is 0 Å². The summed E-state index contributed by atoms with van der Waals surface area (Å²) >= 11 is 0. The van der Waals surface area contributed by atoms with Crippen LogP contribution in [-0.2, 0) is 14.8 Å². The van der Waals surface area contributed by atoms with Crippen LogP contribution in [0.4, 0.5) is 0 Å². The highest BCUT2D eigenvalue weighted by molar-refractivity contribution is 7.89. The quantitative estimate of drug-likeness (QED) is 0.755. The van der Waals surface area contributed by atoms with Crippen molar-refractivity contribution in [3.8, 4) is 0 Å². The molecule has 0 saturated carbocycles. The van der Waals surface area contributed by atoms with Crippen molar-refractivity contribution >= 4 is 15.9 Å². The van der Waals surface area contributed by atoms with E-state index in [4.69, 9.17) is 0 Å². The number of hydrogen-bond donors (Lipinski definition) is 2. The van der Waals surface area contributed by atoms with E-state index >= 15 is 0 Å². The predicted molar refractivity (Wildman–Crippen MR) is 84.6 cm³/mol. The molecule has 1 heterocycles. The Bertz CT molecular complexity index is 435. The van der Waals surface area contributed by atoms with Crippen molar-refractivity contribution in [1.82, 2.24) is 14.9 Å². The number of nitrogens with one attached hydrogen (secondary N) is 2. The average molecular weight is 319 g/mol. The van der Waals surface area contributed by atoms with Gasteiger partial charge in [0.15, 0.2) is 0 Å². The Hall–Kier alpha value is -0.660. The zero-order valence-corrected chi connectivity index (χ0v) is 14.4. The van der Waals surface area contributed by atoms with E-state index in [1.165, 1.54) is 4.31 Å². The number of hydrogen-bond acceptors (Lipinski definition) is 4. The Morgan fingerprint density at radius 2 is 1.81 bits per heavy atom. The number of carbonyl (C=O) groups excluding carboxylic acids is 1. The molecule has 0 radical (unpaired) electrons. The summed E-state index contributed by atoms with van der Waals surface area (Å²) in [6.07, 6.45) is 1.83. The normalized spacial score (nSPS) is 18.7. The molecule has 0 aliphatic carbocycles. The van der Waals surface area contributed by atoms with Crippen LogP contribution in [0.25, 0.3) is 0 Å². The van der Waals surface area contributed by atoms with Gasteiger partial charge < -0.3 is 10.6 Å². The van der Waals surface area contributed by atoms with Crippen molar-refractivity contribution in [3.63, 3.8) is 0 Å². The number of piperidine rings is 1. The van der Waals surface area contributed by atoms with Crippen molar-refractivity contribution in [1.29, 1.82) is 0 Å². The minimum absolute atomic E-state index is 0.0140. The molecule has 1 fully saturated rings. The van der Waals surface area contributed by atoms with Crippen LogP contribution >= 0.6 is 0 Å². The van der Waals surface area contributed by atoms with Crippen molar-refractivity contribution in [3.05, 3.63) is 0 Å². The highest BCUT2D eigenvalue weighted by atomic mass is 32.2. The fourth-order valence-electron chi connectivity index (χ4n) is 2.31. The minimum Gasteiger partial charge on any atom is -0.353 e. The molecule has 6 nitrogen and oxygen atoms in total. The third-order valence-corrected chi connectivity index (χ3v) is 5.47. The fraction of sp³-hybridized carbons (Fsp3) is 0.929. The lowest BCUT2D eigenvalue weighted by Gasteiger charge is -2.31. The Kier molecular flexibility index (Phi) is 6.62. The molecule has 1 rings (SSSR count). The molecule has 124 valence electrons. The van der Waals surface area contributed by atoms with Crippen LogP contribution in [-0.4, -0.2) is 55.6 Å². The van der Waals surface area contributed by atoms with E-state index in [-0.39, 0.29) is 23.2 Å². The Labute approximate surface area is 128 Å². The fourth-order valence-corrected chi connectivity index (χ4v) is 3.44. The molecule has 0 bridgehead atoms. The first-order chi connectivity index (χ1) is 9.64. The molecule has 0 atom stereocenters. The second-order valence-corrected chi connectivity index (χ2v) is 8.83. The summed E-state index contributed by atoms with van der Waals surface area (Å²) in [5.74, 6) is 0.172. The maximum Gasteiger partial charge on any atom is 0.221 e. The predicted octanol–water partition coefficient (Wildman–Crippen LogP) is 0.695. The largest absolute Gasteiger partial charge is 0.353 e. The van der Waals surface area contributed by atoms with E-state index in [1.807, 2.05) is 0 Å². The summed E-state index contributed by atoms with van der Waals surface area (Å²) in [6.45, 7) is 9.50. The average Bonchev–Trinajstić information content (AvgIpc) is 2.37. The van der Waals surface area contributed by atoms with Crippen LogP contribution in [0, 0.1) is 0 Å². The van der Waals surface area contributed by atoms with E-state index in [2.05, 4.69) is 31.4 Å². The van der Waals surface area contributed by atoms with Gasteiger partial charge in [-0.1, -0.05) is 0 Å². The van der Waals surface area contributed by atoms with Crippen LogP contribution in [0.3, 0.4) is 0 Å². The lowest BCUT2D eigenvalue weighted by molar-refractivity contribution is -0.122. The number of carbonyl (C=O) groups is 1. The molecular weight excluding hydrogens is 290 g/mol. The Balaban J connectivity index is 2.28. The van der Waals surface area contributed by atoms with E-state index < -0.39 is 10.0 Å². The van der Waals surface area contributed by atoms with Gasteiger partial charge in [0.25, 0.3) is 0 Å². The topological polar surface area (TPSA) is 78.5 Å². The van der Waals surface area contributed by atoms with Gasteiger partial charge in [-0.15, -0.1) is 0 Å². The van der Waals surface area contributed by atoms with Crippen molar-refractivity contribution in [2.75, 3.05) is 25.4 Å². The van der Waals surface area contributed by atoms with Crippen molar-refractivity contribution in [2.45, 2.75) is 58.5 Å². The molecule has 1 amide bonds. The van der Waals surface area contributed by atoms with Gasteiger partial charge in [0.2, 0.25) is 15.9 Å². The smallest absolute Gasteiger partial charge is 0.221 e. The second-order valence-electron chi connectivity index (χ2n) is 6.57. The van der Waals surface area contributed by atoms with Gasteiger partial charge in [0, 0.05) is 37.6 Å². The van der Waals surface area contributed by atoms with Gasteiger partial charge in [0.1, 0.15) is 0 Å². The molecular formula is C14H29N3O3S. The molecule has 2 N–H and O–H groups in total. The third-order valence-electron chi connectivity index (χ3n) is 3.58. The summed E-state index contributed by atoms with van der Waals surface area (Å²) in [4.78, 5) is 11.8. The van der Waals surface area contributed by atoms with Gasteiger partial charge in [0.05, 0.1) is 5.75 Å². The summed E-state index contributed by atoms with van der Waals surface area (Å²) in [7, 11) is -3.09. The molecule has 1 aliphatic heterocycles. The standard InChI is InChI=1S/C14H29N3O3S/c1-5-21(19,20)17-10-7-12(8-11-17)16-13(18)6-9-15-14(2,3)4/h12,15H,5-11H2,1-4H3,(H,16,18). The van der Waals surface area contributed by atoms with Crippen LogP contribution < -0.4 is 10.6 Å². The first kappa shape index (κ1) is 18.4. The molecule has 0 aromatic carbocycles. The molecule has 0 unspecified atom stereocenters. The van der Waals surface area contributed by atoms with Crippen LogP contribution in [0.1, 0.15) is 47.0 Å². The van der Waals surface area contributed by atoms with Gasteiger partial charge in [-0.05, 0) is 40.5 Å². The highest BCUT2D eigenvalue weighted by Crippen LogP contribution is 2.14. The maximum absolute atomic E-state index is 11.8. The van der Waals surface area contributed by atoms with E-state index in [9.17, 15) is 13.2 Å². The van der Waals surface area contributed by atoms with E-state index in [1.54, 1.807) is 6.92 Å². The third kappa shape index (κ3) is 6.76. The Morgan fingerprint density at radius 1 is 1.24 bits per heavy atom. The van der Waals surface area contributed by atoms with Gasteiger partial charge in [-0.3, -0.25) is 4.79 Å². The number of nitrogens with zero attached hydrogens (tertiary/aromatic N) is 1. The van der Waals surface area contributed by atoms with Crippen LogP contribution in [0.15, 0.2) is 0 Å². The minimum atomic E-state index is -3.09. The number of rotatable bonds is 6. The monoisotopic (exact) mass is 319 g/mol. The molecule has 1 aliphatic rings. The molecule has 0 aromatic heterocycles. The number of amides is 1. The maximum atomic E-state index is 11.8. The van der Waals surface area contributed by atoms with E-state index in [0.717, 1.165) is 0 Å².